The van der Waals surface area contributed by atoms with E-state index in [-0.39, 0.29) is 29.9 Å². The fourth-order valence-electron chi connectivity index (χ4n) is 3.45. The highest BCUT2D eigenvalue weighted by Gasteiger charge is 2.34. The molecule has 1 atom stereocenters. The molecule has 1 saturated heterocycles. The molecule has 29 heavy (non-hydrogen) atoms. The van der Waals surface area contributed by atoms with Crippen LogP contribution in [0.2, 0.25) is 5.02 Å². The minimum Gasteiger partial charge on any atom is -0.362 e. The zero-order chi connectivity index (χ0) is 21.3. The first-order valence-corrected chi connectivity index (χ1v) is 9.35. The first kappa shape index (κ1) is 21.0. The molecule has 0 spiro atoms. The van der Waals surface area contributed by atoms with Crippen molar-refractivity contribution in [3.8, 4) is 6.07 Å². The Morgan fingerprint density at radius 1 is 1.28 bits per heavy atom. The van der Waals surface area contributed by atoms with Crippen molar-refractivity contribution in [3.05, 3.63) is 63.7 Å². The number of nitriles is 1. The lowest BCUT2D eigenvalue weighted by molar-refractivity contribution is -0.137. The highest BCUT2D eigenvalue weighted by Crippen LogP contribution is 2.33. The molecule has 0 aliphatic carbocycles. The molecular formula is C21H19ClF3N3O. The van der Waals surface area contributed by atoms with Gasteiger partial charge in [-0.3, -0.25) is 4.79 Å². The summed E-state index contributed by atoms with van der Waals surface area (Å²) in [6, 6.07) is 10.3. The van der Waals surface area contributed by atoms with Gasteiger partial charge in [-0.1, -0.05) is 17.7 Å². The van der Waals surface area contributed by atoms with Crippen molar-refractivity contribution in [3.63, 3.8) is 0 Å². The van der Waals surface area contributed by atoms with E-state index in [4.69, 9.17) is 16.9 Å². The van der Waals surface area contributed by atoms with Gasteiger partial charge in [-0.25, -0.2) is 0 Å². The number of nitrogens with zero attached hydrogens (tertiary/aromatic N) is 3. The predicted molar refractivity (Wildman–Crippen MR) is 105 cm³/mol. The number of hydrogen-bond acceptors (Lipinski definition) is 3. The molecule has 0 bridgehead atoms. The van der Waals surface area contributed by atoms with Gasteiger partial charge < -0.3 is 9.80 Å². The highest BCUT2D eigenvalue weighted by molar-refractivity contribution is 6.32. The maximum absolute atomic E-state index is 13.2. The minimum absolute atomic E-state index is 0.0273. The van der Waals surface area contributed by atoms with Gasteiger partial charge in [-0.2, -0.15) is 18.4 Å². The summed E-state index contributed by atoms with van der Waals surface area (Å²) in [5.74, 6) is -0.0273. The van der Waals surface area contributed by atoms with Crippen molar-refractivity contribution in [2.24, 2.45) is 0 Å². The number of amides is 1. The first-order chi connectivity index (χ1) is 13.6. The second kappa shape index (κ2) is 7.96. The average molecular weight is 422 g/mol. The summed E-state index contributed by atoms with van der Waals surface area (Å²) >= 11 is 6.18. The molecule has 0 saturated carbocycles. The lowest BCUT2D eigenvalue weighted by Gasteiger charge is -2.32. The van der Waals surface area contributed by atoms with E-state index in [1.165, 1.54) is 6.07 Å². The average Bonchev–Trinajstić information content (AvgIpc) is 2.98. The third kappa shape index (κ3) is 4.48. The quantitative estimate of drug-likeness (QED) is 0.714. The number of likely N-dealkylation sites (tertiary alicyclic amines) is 1. The fourth-order valence-corrected chi connectivity index (χ4v) is 3.67. The second-order valence-corrected chi connectivity index (χ2v) is 7.58. The summed E-state index contributed by atoms with van der Waals surface area (Å²) in [6.45, 7) is 2.39. The van der Waals surface area contributed by atoms with Crippen molar-refractivity contribution in [1.82, 2.24) is 4.90 Å². The summed E-state index contributed by atoms with van der Waals surface area (Å²) in [6.07, 6.45) is -4.18. The van der Waals surface area contributed by atoms with Crippen molar-refractivity contribution < 1.29 is 18.0 Å². The molecule has 8 heteroatoms. The van der Waals surface area contributed by atoms with E-state index in [1.807, 2.05) is 11.0 Å². The van der Waals surface area contributed by atoms with Crippen LogP contribution in [-0.2, 0) is 17.5 Å². The lowest BCUT2D eigenvalue weighted by atomic mass is 10.0. The number of rotatable bonds is 4. The molecule has 1 amide bonds. The number of carbonyl (C=O) groups is 1. The molecule has 0 unspecified atom stereocenters. The van der Waals surface area contributed by atoms with Crippen LogP contribution >= 0.6 is 11.6 Å². The van der Waals surface area contributed by atoms with E-state index >= 15 is 0 Å². The summed E-state index contributed by atoms with van der Waals surface area (Å²) in [5.41, 5.74) is 1.49. The molecule has 1 heterocycles. The molecule has 1 fully saturated rings. The molecule has 1 aliphatic rings. The zero-order valence-electron chi connectivity index (χ0n) is 15.9. The standard InChI is InChI=1S/C21H19ClF3N3O/c1-13-3-5-16(21(23,24)25)7-15(13)11-28(18-9-20(29)27(2)12-18)17-6-4-14(10-26)19(22)8-17/h3-8,18H,9,11-12H2,1-2H3/t18-/m0/s1. The largest absolute Gasteiger partial charge is 0.416 e. The molecule has 1 aliphatic heterocycles. The number of likely N-dealkylation sites (N-methyl/N-ethyl adjacent to an activating group) is 1. The van der Waals surface area contributed by atoms with Crippen molar-refractivity contribution >= 4 is 23.2 Å². The van der Waals surface area contributed by atoms with Crippen LogP contribution in [-0.4, -0.2) is 30.4 Å². The Labute approximate surface area is 172 Å². The molecule has 0 aromatic heterocycles. The normalized spacial score (nSPS) is 16.8. The minimum atomic E-state index is -4.44. The maximum atomic E-state index is 13.2. The summed E-state index contributed by atoms with van der Waals surface area (Å²) in [7, 11) is 1.70. The van der Waals surface area contributed by atoms with Gasteiger partial charge in [0.15, 0.2) is 0 Å². The van der Waals surface area contributed by atoms with Crippen LogP contribution in [0.3, 0.4) is 0 Å². The van der Waals surface area contributed by atoms with Crippen LogP contribution in [0.5, 0.6) is 0 Å². The van der Waals surface area contributed by atoms with Gasteiger partial charge in [-0.15, -0.1) is 0 Å². The molecule has 2 aromatic carbocycles. The topological polar surface area (TPSA) is 47.3 Å². The number of alkyl halides is 3. The summed E-state index contributed by atoms with van der Waals surface area (Å²) in [5, 5.41) is 9.36. The van der Waals surface area contributed by atoms with E-state index in [0.29, 0.717) is 23.4 Å². The molecule has 4 nitrogen and oxygen atoms in total. The predicted octanol–water partition coefficient (Wildman–Crippen LogP) is 4.78. The van der Waals surface area contributed by atoms with E-state index in [0.717, 1.165) is 17.7 Å². The number of halogens is 4. The van der Waals surface area contributed by atoms with Crippen LogP contribution in [0.1, 0.15) is 28.7 Å². The molecular weight excluding hydrogens is 403 g/mol. The second-order valence-electron chi connectivity index (χ2n) is 7.18. The third-order valence-electron chi connectivity index (χ3n) is 5.18. The third-order valence-corrected chi connectivity index (χ3v) is 5.50. The highest BCUT2D eigenvalue weighted by atomic mass is 35.5. The van der Waals surface area contributed by atoms with Gasteiger partial charge in [0.25, 0.3) is 0 Å². The molecule has 0 radical (unpaired) electrons. The Morgan fingerprint density at radius 2 is 2.00 bits per heavy atom. The fraction of sp³-hybridized carbons (Fsp3) is 0.333. The summed E-state index contributed by atoms with van der Waals surface area (Å²) in [4.78, 5) is 15.6. The van der Waals surface area contributed by atoms with Gasteiger partial charge in [0.2, 0.25) is 5.91 Å². The van der Waals surface area contributed by atoms with E-state index < -0.39 is 11.7 Å². The number of carbonyl (C=O) groups excluding carboxylic acids is 1. The zero-order valence-corrected chi connectivity index (χ0v) is 16.7. The van der Waals surface area contributed by atoms with Crippen LogP contribution in [0, 0.1) is 18.3 Å². The Hall–Kier alpha value is -2.72. The van der Waals surface area contributed by atoms with Gasteiger partial charge in [-0.05, 0) is 48.4 Å². The van der Waals surface area contributed by atoms with Gasteiger partial charge in [0.05, 0.1) is 22.2 Å². The Morgan fingerprint density at radius 3 is 2.55 bits per heavy atom. The van der Waals surface area contributed by atoms with Crippen molar-refractivity contribution in [2.75, 3.05) is 18.5 Å². The van der Waals surface area contributed by atoms with E-state index in [2.05, 4.69) is 0 Å². The molecule has 3 rings (SSSR count). The van der Waals surface area contributed by atoms with Crippen LogP contribution < -0.4 is 4.90 Å². The molecule has 0 N–H and O–H groups in total. The number of hydrogen-bond donors (Lipinski definition) is 0. The van der Waals surface area contributed by atoms with Crippen molar-refractivity contribution in [1.29, 1.82) is 5.26 Å². The lowest BCUT2D eigenvalue weighted by Crippen LogP contribution is -2.37. The van der Waals surface area contributed by atoms with Crippen LogP contribution in [0.25, 0.3) is 0 Å². The monoisotopic (exact) mass is 421 g/mol. The molecule has 2 aromatic rings. The van der Waals surface area contributed by atoms with E-state index in [1.54, 1.807) is 37.1 Å². The number of benzene rings is 2. The van der Waals surface area contributed by atoms with Crippen LogP contribution in [0.4, 0.5) is 18.9 Å². The Bertz CT molecular complexity index is 984. The number of aryl methyl sites for hydroxylation is 1. The number of anilines is 1. The SMILES string of the molecule is Cc1ccc(C(F)(F)F)cc1CN(c1ccc(C#N)c(Cl)c1)[C@H]1CC(=O)N(C)C1. The first-order valence-electron chi connectivity index (χ1n) is 8.97. The van der Waals surface area contributed by atoms with Crippen molar-refractivity contribution in [2.45, 2.75) is 32.1 Å². The van der Waals surface area contributed by atoms with Crippen LogP contribution in [0.15, 0.2) is 36.4 Å². The maximum Gasteiger partial charge on any atom is 0.416 e. The molecule has 152 valence electrons. The Kier molecular flexibility index (Phi) is 5.76. The van der Waals surface area contributed by atoms with Gasteiger partial charge in [0, 0.05) is 32.2 Å². The van der Waals surface area contributed by atoms with E-state index in [9.17, 15) is 18.0 Å². The van der Waals surface area contributed by atoms with Gasteiger partial charge in [0.1, 0.15) is 6.07 Å². The Balaban J connectivity index is 2.02. The summed E-state index contributed by atoms with van der Waals surface area (Å²) < 4.78 is 39.6. The smallest absolute Gasteiger partial charge is 0.362 e. The van der Waals surface area contributed by atoms with Gasteiger partial charge >= 0.3 is 6.18 Å².